The first-order valence-corrected chi connectivity index (χ1v) is 8.38. The zero-order valence-corrected chi connectivity index (χ0v) is 14.0. The Kier molecular flexibility index (Phi) is 3.66. The Labute approximate surface area is 143 Å². The van der Waals surface area contributed by atoms with Crippen molar-refractivity contribution in [1.29, 1.82) is 0 Å². The van der Waals surface area contributed by atoms with E-state index < -0.39 is 0 Å². The minimum absolute atomic E-state index is 0.945. The molecular formula is C22H20N2. The van der Waals surface area contributed by atoms with Crippen molar-refractivity contribution < 1.29 is 0 Å². The highest BCUT2D eigenvalue weighted by molar-refractivity contribution is 6.16. The Morgan fingerprint density at radius 2 is 1.92 bits per heavy atom. The number of hydrogen-bond donors (Lipinski definition) is 0. The number of fused-ring (bicyclic) bond motifs is 2. The van der Waals surface area contributed by atoms with Gasteiger partial charge in [-0.2, -0.15) is 0 Å². The van der Waals surface area contributed by atoms with Crippen molar-refractivity contribution in [2.24, 2.45) is 4.99 Å². The number of rotatable bonds is 2. The van der Waals surface area contributed by atoms with Gasteiger partial charge in [-0.3, -0.25) is 4.99 Å². The second-order valence-electron chi connectivity index (χ2n) is 6.13. The molecule has 0 aliphatic carbocycles. The predicted molar refractivity (Wildman–Crippen MR) is 104 cm³/mol. The summed E-state index contributed by atoms with van der Waals surface area (Å²) in [4.78, 5) is 6.83. The summed E-state index contributed by atoms with van der Waals surface area (Å²) in [6.45, 7) is 5.27. The molecule has 0 fully saturated rings. The van der Waals surface area contributed by atoms with Crippen molar-refractivity contribution in [3.05, 3.63) is 83.1 Å². The molecule has 2 heteroatoms. The van der Waals surface area contributed by atoms with Crippen LogP contribution in [0.4, 0.5) is 11.4 Å². The summed E-state index contributed by atoms with van der Waals surface area (Å²) in [5.41, 5.74) is 8.48. The first-order chi connectivity index (χ1) is 11.8. The molecule has 0 N–H and O–H groups in total. The molecule has 2 aliphatic rings. The summed E-state index contributed by atoms with van der Waals surface area (Å²) in [6, 6.07) is 14.9. The molecule has 0 spiro atoms. The molecule has 0 bridgehead atoms. The maximum Gasteiger partial charge on any atom is 0.0708 e. The maximum absolute atomic E-state index is 4.48. The van der Waals surface area contributed by atoms with Crippen LogP contribution in [0.15, 0.2) is 71.4 Å². The van der Waals surface area contributed by atoms with Crippen molar-refractivity contribution in [2.45, 2.75) is 13.8 Å². The number of aliphatic imine (C=N–C) groups is 1. The molecule has 0 saturated heterocycles. The van der Waals surface area contributed by atoms with E-state index in [1.165, 1.54) is 28.1 Å². The van der Waals surface area contributed by atoms with Gasteiger partial charge in [0.05, 0.1) is 5.69 Å². The number of anilines is 1. The van der Waals surface area contributed by atoms with Gasteiger partial charge in [0.2, 0.25) is 0 Å². The Morgan fingerprint density at radius 3 is 2.79 bits per heavy atom. The number of benzene rings is 2. The van der Waals surface area contributed by atoms with E-state index in [0.29, 0.717) is 0 Å². The highest BCUT2D eigenvalue weighted by Crippen LogP contribution is 2.33. The molecule has 24 heavy (non-hydrogen) atoms. The molecule has 2 heterocycles. The first kappa shape index (κ1) is 14.7. The van der Waals surface area contributed by atoms with Crippen LogP contribution in [0.2, 0.25) is 0 Å². The van der Waals surface area contributed by atoms with E-state index >= 15 is 0 Å². The molecule has 0 atom stereocenters. The van der Waals surface area contributed by atoms with Crippen LogP contribution in [0, 0.1) is 6.92 Å². The zero-order chi connectivity index (χ0) is 16.5. The number of likely N-dealkylation sites (N-methyl/N-ethyl adjacent to an activating group) is 1. The van der Waals surface area contributed by atoms with Crippen molar-refractivity contribution >= 4 is 29.2 Å². The molecule has 0 saturated carbocycles. The van der Waals surface area contributed by atoms with Gasteiger partial charge in [0.15, 0.2) is 0 Å². The van der Waals surface area contributed by atoms with Gasteiger partial charge in [0, 0.05) is 35.3 Å². The average Bonchev–Trinajstić information content (AvgIpc) is 3.02. The number of para-hydroxylation sites is 1. The highest BCUT2D eigenvalue weighted by atomic mass is 15.1. The van der Waals surface area contributed by atoms with Crippen LogP contribution in [-0.2, 0) is 0 Å². The van der Waals surface area contributed by atoms with Crippen molar-refractivity contribution in [2.75, 3.05) is 11.4 Å². The lowest BCUT2D eigenvalue weighted by molar-refractivity contribution is 0.971. The third-order valence-electron chi connectivity index (χ3n) is 4.53. The largest absolute Gasteiger partial charge is 0.341 e. The van der Waals surface area contributed by atoms with Crippen LogP contribution in [0.5, 0.6) is 0 Å². The lowest BCUT2D eigenvalue weighted by atomic mass is 10.0. The van der Waals surface area contributed by atoms with Crippen LogP contribution < -0.4 is 4.90 Å². The third kappa shape index (κ3) is 2.50. The quantitative estimate of drug-likeness (QED) is 0.711. The molecule has 2 aromatic rings. The second kappa shape index (κ2) is 5.97. The van der Waals surface area contributed by atoms with Gasteiger partial charge in [-0.15, -0.1) is 0 Å². The maximum atomic E-state index is 4.48. The summed E-state index contributed by atoms with van der Waals surface area (Å²) in [5, 5.41) is 0. The molecule has 0 aromatic heterocycles. The molecule has 118 valence electrons. The van der Waals surface area contributed by atoms with E-state index in [1.807, 2.05) is 12.3 Å². The summed E-state index contributed by atoms with van der Waals surface area (Å²) >= 11 is 0. The lowest BCUT2D eigenvalue weighted by Gasteiger charge is -2.29. The van der Waals surface area contributed by atoms with Gasteiger partial charge < -0.3 is 4.90 Å². The molecule has 2 nitrogen and oxygen atoms in total. The molecular weight excluding hydrogens is 292 g/mol. The fraction of sp³-hybridized carbons (Fsp3) is 0.136. The van der Waals surface area contributed by atoms with Crippen molar-refractivity contribution in [3.63, 3.8) is 0 Å². The highest BCUT2D eigenvalue weighted by Gasteiger charge is 2.16. The topological polar surface area (TPSA) is 15.6 Å². The van der Waals surface area contributed by atoms with E-state index in [0.717, 1.165) is 17.8 Å². The van der Waals surface area contributed by atoms with Crippen LogP contribution >= 0.6 is 0 Å². The van der Waals surface area contributed by atoms with Gasteiger partial charge in [-0.05, 0) is 49.8 Å². The first-order valence-electron chi connectivity index (χ1n) is 8.38. The average molecular weight is 312 g/mol. The normalized spacial score (nSPS) is 18.3. The van der Waals surface area contributed by atoms with Gasteiger partial charge in [0.1, 0.15) is 0 Å². The Morgan fingerprint density at radius 1 is 1.04 bits per heavy atom. The lowest BCUT2D eigenvalue weighted by Crippen LogP contribution is -2.23. The van der Waals surface area contributed by atoms with E-state index in [-0.39, 0.29) is 0 Å². The summed E-state index contributed by atoms with van der Waals surface area (Å²) in [5.74, 6) is 0. The Bertz CT molecular complexity index is 913. The number of nitrogens with zero attached hydrogens (tertiary/aromatic N) is 2. The number of allylic oxidation sites excluding steroid dienone is 4. The molecule has 4 rings (SSSR count). The summed E-state index contributed by atoms with van der Waals surface area (Å²) < 4.78 is 0. The van der Waals surface area contributed by atoms with Gasteiger partial charge in [0.25, 0.3) is 0 Å². The Balaban J connectivity index is 1.71. The molecule has 2 aliphatic heterocycles. The summed E-state index contributed by atoms with van der Waals surface area (Å²) in [7, 11) is 0. The third-order valence-corrected chi connectivity index (χ3v) is 4.53. The van der Waals surface area contributed by atoms with E-state index in [4.69, 9.17) is 0 Å². The van der Waals surface area contributed by atoms with E-state index in [1.54, 1.807) is 0 Å². The smallest absolute Gasteiger partial charge is 0.0708 e. The number of aryl methyl sites for hydroxylation is 1. The van der Waals surface area contributed by atoms with Crippen LogP contribution in [0.3, 0.4) is 0 Å². The molecule has 0 radical (unpaired) electrons. The fourth-order valence-electron chi connectivity index (χ4n) is 3.30. The van der Waals surface area contributed by atoms with Crippen molar-refractivity contribution in [1.82, 2.24) is 0 Å². The molecule has 2 aromatic carbocycles. The number of hydrogen-bond acceptors (Lipinski definition) is 2. The van der Waals surface area contributed by atoms with Gasteiger partial charge in [-0.1, -0.05) is 42.0 Å². The minimum atomic E-state index is 0.945. The standard InChI is InChI=1S/C22H20N2/c1-3-24-19(11-9-17-14-16(2)8-13-22(17)24)12-10-18-15-23-21-7-5-4-6-20(18)21/h4-15H,3H2,1-2H3/b18-10+,19-12+. The molecule has 0 unspecified atom stereocenters. The zero-order valence-electron chi connectivity index (χ0n) is 14.0. The monoisotopic (exact) mass is 312 g/mol. The second-order valence-corrected chi connectivity index (χ2v) is 6.13. The Hall–Kier alpha value is -2.87. The predicted octanol–water partition coefficient (Wildman–Crippen LogP) is 5.53. The van der Waals surface area contributed by atoms with Crippen LogP contribution in [0.1, 0.15) is 23.6 Å². The van der Waals surface area contributed by atoms with Gasteiger partial charge in [-0.25, -0.2) is 0 Å². The van der Waals surface area contributed by atoms with Crippen LogP contribution in [-0.4, -0.2) is 12.8 Å². The van der Waals surface area contributed by atoms with Gasteiger partial charge >= 0.3 is 0 Å². The van der Waals surface area contributed by atoms with Crippen molar-refractivity contribution in [3.8, 4) is 0 Å². The molecule has 0 amide bonds. The van der Waals surface area contributed by atoms with E-state index in [9.17, 15) is 0 Å². The van der Waals surface area contributed by atoms with Crippen LogP contribution in [0.25, 0.3) is 11.6 Å². The summed E-state index contributed by atoms with van der Waals surface area (Å²) in [6.07, 6.45) is 10.7. The fourth-order valence-corrected chi connectivity index (χ4v) is 3.30. The minimum Gasteiger partial charge on any atom is -0.341 e. The van der Waals surface area contributed by atoms with E-state index in [2.05, 4.69) is 84.4 Å². The SMILES string of the molecule is CCN1/C(=C/C=C2\C=Nc3ccccc32)C=Cc2cc(C)ccc21.